The van der Waals surface area contributed by atoms with E-state index >= 15 is 0 Å². The van der Waals surface area contributed by atoms with Crippen LogP contribution in [0.25, 0.3) is 0 Å². The van der Waals surface area contributed by atoms with Crippen LogP contribution in [-0.2, 0) is 20.8 Å². The zero-order valence-electron chi connectivity index (χ0n) is 21.1. The van der Waals surface area contributed by atoms with E-state index in [1.807, 2.05) is 46.2 Å². The highest BCUT2D eigenvalue weighted by Crippen LogP contribution is 2.43. The van der Waals surface area contributed by atoms with Gasteiger partial charge in [0.15, 0.2) is 0 Å². The van der Waals surface area contributed by atoms with E-state index in [4.69, 9.17) is 4.74 Å². The number of carbonyl (C=O) groups is 3. The van der Waals surface area contributed by atoms with Crippen LogP contribution in [-0.4, -0.2) is 77.7 Å². The van der Waals surface area contributed by atoms with Crippen LogP contribution in [0.2, 0.25) is 0 Å². The second-order valence-corrected chi connectivity index (χ2v) is 10.5. The van der Waals surface area contributed by atoms with E-state index in [-0.39, 0.29) is 41.5 Å². The van der Waals surface area contributed by atoms with Crippen molar-refractivity contribution in [3.8, 4) is 5.75 Å². The highest BCUT2D eigenvalue weighted by molar-refractivity contribution is 5.90. The predicted molar refractivity (Wildman–Crippen MR) is 134 cm³/mol. The van der Waals surface area contributed by atoms with Crippen molar-refractivity contribution >= 4 is 17.7 Å². The van der Waals surface area contributed by atoms with Gasteiger partial charge in [-0.25, -0.2) is 0 Å². The van der Waals surface area contributed by atoms with Crippen LogP contribution >= 0.6 is 0 Å². The number of aromatic nitrogens is 1. The molecule has 2 aromatic rings. The first-order valence-corrected chi connectivity index (χ1v) is 12.7. The number of hydrogen-bond acceptors (Lipinski definition) is 5. The molecule has 1 aromatic heterocycles. The number of methoxy groups -OCH3 is 1. The van der Waals surface area contributed by atoms with Crippen molar-refractivity contribution in [3.05, 3.63) is 59.9 Å². The Morgan fingerprint density at radius 3 is 2.53 bits per heavy atom. The fraction of sp³-hybridized carbons (Fsp3) is 0.500. The van der Waals surface area contributed by atoms with Crippen molar-refractivity contribution in [2.45, 2.75) is 38.1 Å². The lowest BCUT2D eigenvalue weighted by atomic mass is 9.77. The van der Waals surface area contributed by atoms with Crippen LogP contribution in [0.1, 0.15) is 42.9 Å². The molecule has 1 aromatic carbocycles. The van der Waals surface area contributed by atoms with Crippen LogP contribution in [0, 0.1) is 11.3 Å². The number of benzene rings is 1. The molecule has 3 saturated heterocycles. The number of pyridine rings is 1. The van der Waals surface area contributed by atoms with Gasteiger partial charge in [-0.3, -0.25) is 19.4 Å². The lowest BCUT2D eigenvalue weighted by Crippen LogP contribution is -2.45. The molecule has 0 unspecified atom stereocenters. The molecule has 5 rings (SSSR count). The monoisotopic (exact) mass is 490 g/mol. The van der Waals surface area contributed by atoms with Gasteiger partial charge in [0.2, 0.25) is 17.7 Å². The molecule has 0 N–H and O–H groups in total. The Morgan fingerprint density at radius 1 is 1.08 bits per heavy atom. The second-order valence-electron chi connectivity index (χ2n) is 10.5. The summed E-state index contributed by atoms with van der Waals surface area (Å²) in [7, 11) is 3.40. The van der Waals surface area contributed by atoms with E-state index in [2.05, 4.69) is 4.98 Å². The van der Waals surface area contributed by atoms with Gasteiger partial charge in [-0.1, -0.05) is 18.2 Å². The lowest BCUT2D eigenvalue weighted by Gasteiger charge is -2.39. The molecule has 0 radical (unpaired) electrons. The van der Waals surface area contributed by atoms with E-state index in [9.17, 15) is 14.4 Å². The van der Waals surface area contributed by atoms with Gasteiger partial charge in [0, 0.05) is 52.0 Å². The van der Waals surface area contributed by atoms with Crippen LogP contribution in [0.4, 0.5) is 0 Å². The molecule has 3 amide bonds. The molecule has 4 heterocycles. The molecule has 0 aliphatic carbocycles. The molecule has 8 nitrogen and oxygen atoms in total. The number of likely N-dealkylation sites (tertiary alicyclic amines) is 3. The third kappa shape index (κ3) is 4.68. The van der Waals surface area contributed by atoms with Crippen LogP contribution in [0.15, 0.2) is 48.8 Å². The summed E-state index contributed by atoms with van der Waals surface area (Å²) in [5.41, 5.74) is 1.92. The quantitative estimate of drug-likeness (QED) is 0.644. The summed E-state index contributed by atoms with van der Waals surface area (Å²) in [4.78, 5) is 48.9. The van der Waals surface area contributed by atoms with E-state index in [0.717, 1.165) is 36.1 Å². The summed E-state index contributed by atoms with van der Waals surface area (Å²) in [5, 5.41) is 0. The van der Waals surface area contributed by atoms with Gasteiger partial charge >= 0.3 is 0 Å². The topological polar surface area (TPSA) is 83.0 Å². The molecule has 3 aliphatic heterocycles. The molecule has 3 aliphatic rings. The smallest absolute Gasteiger partial charge is 0.228 e. The molecule has 8 heteroatoms. The van der Waals surface area contributed by atoms with Crippen molar-refractivity contribution in [3.63, 3.8) is 0 Å². The third-order valence-electron chi connectivity index (χ3n) is 8.35. The van der Waals surface area contributed by atoms with Gasteiger partial charge in [0.25, 0.3) is 0 Å². The number of piperidine rings is 1. The molecule has 3 fully saturated rings. The molecule has 2 atom stereocenters. The van der Waals surface area contributed by atoms with Gasteiger partial charge in [-0.15, -0.1) is 0 Å². The molecule has 1 spiro atoms. The van der Waals surface area contributed by atoms with Crippen molar-refractivity contribution in [2.75, 3.05) is 40.3 Å². The largest absolute Gasteiger partial charge is 0.497 e. The Kier molecular flexibility index (Phi) is 6.69. The summed E-state index contributed by atoms with van der Waals surface area (Å²) in [6, 6.07) is 11.2. The summed E-state index contributed by atoms with van der Waals surface area (Å²) >= 11 is 0. The van der Waals surface area contributed by atoms with Crippen LogP contribution in [0.3, 0.4) is 0 Å². The maximum absolute atomic E-state index is 13.6. The van der Waals surface area contributed by atoms with E-state index < -0.39 is 0 Å². The average molecular weight is 491 g/mol. The molecule has 0 saturated carbocycles. The lowest BCUT2D eigenvalue weighted by molar-refractivity contribution is -0.137. The van der Waals surface area contributed by atoms with E-state index in [1.165, 1.54) is 0 Å². The minimum Gasteiger partial charge on any atom is -0.497 e. The molecular weight excluding hydrogens is 456 g/mol. The summed E-state index contributed by atoms with van der Waals surface area (Å²) in [5.74, 6) is 0.575. The minimum atomic E-state index is -0.383. The molecule has 190 valence electrons. The van der Waals surface area contributed by atoms with Crippen molar-refractivity contribution in [1.29, 1.82) is 0 Å². The number of ether oxygens (including phenoxy) is 1. The van der Waals surface area contributed by atoms with Gasteiger partial charge in [0.05, 0.1) is 25.5 Å². The first-order chi connectivity index (χ1) is 17.4. The standard InChI is InChI=1S/C28H34N4O4/c1-30-24(33)17-23(26(30)21-6-4-11-29-18-21)27(35)32-14-10-28(19-32)8-12-31(13-9-28)25(34)16-20-5-3-7-22(15-20)36-2/h3-7,11,15,18,23,26H,8-10,12-14,16-17,19H2,1-2H3/t23-,26+/m1/s1. The number of carbonyl (C=O) groups excluding carboxylic acids is 3. The maximum Gasteiger partial charge on any atom is 0.228 e. The molecule has 36 heavy (non-hydrogen) atoms. The predicted octanol–water partition coefficient (Wildman–Crippen LogP) is 2.69. The highest BCUT2D eigenvalue weighted by atomic mass is 16.5. The van der Waals surface area contributed by atoms with Crippen LogP contribution < -0.4 is 4.74 Å². The Hall–Kier alpha value is -3.42. The zero-order chi connectivity index (χ0) is 25.3. The Morgan fingerprint density at radius 2 is 1.83 bits per heavy atom. The van der Waals surface area contributed by atoms with Crippen molar-refractivity contribution in [1.82, 2.24) is 19.7 Å². The average Bonchev–Trinajstić information content (AvgIpc) is 3.45. The van der Waals surface area contributed by atoms with Gasteiger partial charge in [0.1, 0.15) is 5.75 Å². The molecular formula is C28H34N4O4. The number of nitrogens with zero attached hydrogens (tertiary/aromatic N) is 4. The first kappa shape index (κ1) is 24.3. The second kappa shape index (κ2) is 9.91. The Bertz CT molecular complexity index is 1130. The van der Waals surface area contributed by atoms with E-state index in [1.54, 1.807) is 31.5 Å². The summed E-state index contributed by atoms with van der Waals surface area (Å²) < 4.78 is 5.27. The van der Waals surface area contributed by atoms with E-state index in [0.29, 0.717) is 32.6 Å². The maximum atomic E-state index is 13.6. The number of rotatable bonds is 5. The highest BCUT2D eigenvalue weighted by Gasteiger charge is 2.48. The Balaban J connectivity index is 1.19. The van der Waals surface area contributed by atoms with Gasteiger partial charge in [-0.2, -0.15) is 0 Å². The minimum absolute atomic E-state index is 0.000954. The first-order valence-electron chi connectivity index (χ1n) is 12.7. The number of hydrogen-bond donors (Lipinski definition) is 0. The fourth-order valence-corrected chi connectivity index (χ4v) is 6.16. The summed E-state index contributed by atoms with van der Waals surface area (Å²) in [6.45, 7) is 2.85. The Labute approximate surface area is 212 Å². The fourth-order valence-electron chi connectivity index (χ4n) is 6.16. The third-order valence-corrected chi connectivity index (χ3v) is 8.35. The molecule has 0 bridgehead atoms. The van der Waals surface area contributed by atoms with Crippen molar-refractivity contribution < 1.29 is 19.1 Å². The SMILES string of the molecule is COc1cccc(CC(=O)N2CCC3(CC2)CCN(C(=O)[C@@H]2CC(=O)N(C)[C@H]2c2cccnc2)C3)c1. The van der Waals surface area contributed by atoms with Gasteiger partial charge < -0.3 is 19.4 Å². The summed E-state index contributed by atoms with van der Waals surface area (Å²) in [6.07, 6.45) is 6.81. The zero-order valence-corrected chi connectivity index (χ0v) is 21.1. The van der Waals surface area contributed by atoms with Crippen molar-refractivity contribution in [2.24, 2.45) is 11.3 Å². The van der Waals surface area contributed by atoms with Crippen LogP contribution in [0.5, 0.6) is 5.75 Å². The normalized spacial score (nSPS) is 23.4. The number of amides is 3. The van der Waals surface area contributed by atoms with Gasteiger partial charge in [-0.05, 0) is 54.0 Å².